The highest BCUT2D eigenvalue weighted by Crippen LogP contribution is 2.22. The Balaban J connectivity index is 2.05. The molecule has 3 rings (SSSR count). The predicted octanol–water partition coefficient (Wildman–Crippen LogP) is 4.16. The van der Waals surface area contributed by atoms with Gasteiger partial charge in [0.1, 0.15) is 0 Å². The number of hydrogen-bond donors (Lipinski definition) is 2. The monoisotopic (exact) mass is 327 g/mol. The molecule has 2 heterocycles. The summed E-state index contributed by atoms with van der Waals surface area (Å²) >= 11 is 5.30. The summed E-state index contributed by atoms with van der Waals surface area (Å²) in [4.78, 5) is 3.35. The van der Waals surface area contributed by atoms with Gasteiger partial charge in [0, 0.05) is 28.1 Å². The van der Waals surface area contributed by atoms with Gasteiger partial charge < -0.3 is 4.98 Å². The van der Waals surface area contributed by atoms with Crippen LogP contribution in [0.4, 0.5) is 0 Å². The summed E-state index contributed by atoms with van der Waals surface area (Å²) in [6, 6.07) is 6.33. The van der Waals surface area contributed by atoms with Gasteiger partial charge >= 0.3 is 0 Å². The van der Waals surface area contributed by atoms with Crippen molar-refractivity contribution in [2.75, 3.05) is 0 Å². The molecule has 0 amide bonds. The number of fused-ring (bicyclic) bond motifs is 1. The smallest absolute Gasteiger partial charge is 0.216 e. The Hall–Kier alpha value is -2.21. The number of aromatic nitrogens is 4. The van der Waals surface area contributed by atoms with E-state index in [4.69, 9.17) is 12.2 Å². The van der Waals surface area contributed by atoms with E-state index in [1.54, 1.807) is 4.68 Å². The summed E-state index contributed by atoms with van der Waals surface area (Å²) in [7, 11) is 0. The number of nitrogens with one attached hydrogen (secondary N) is 2. The van der Waals surface area contributed by atoms with Gasteiger partial charge in [0.05, 0.1) is 6.21 Å². The molecule has 6 heteroatoms. The molecule has 0 aliphatic rings. The lowest BCUT2D eigenvalue weighted by molar-refractivity contribution is 0.516. The van der Waals surface area contributed by atoms with Crippen molar-refractivity contribution in [3.05, 3.63) is 46.1 Å². The first-order chi connectivity index (χ1) is 10.9. The number of aromatic amines is 2. The zero-order valence-electron chi connectivity index (χ0n) is 13.8. The summed E-state index contributed by atoms with van der Waals surface area (Å²) in [6.45, 7) is 8.42. The van der Waals surface area contributed by atoms with Crippen LogP contribution < -0.4 is 0 Å². The van der Waals surface area contributed by atoms with E-state index in [-0.39, 0.29) is 5.41 Å². The third kappa shape index (κ3) is 2.86. The molecule has 0 spiro atoms. The molecule has 120 valence electrons. The van der Waals surface area contributed by atoms with Gasteiger partial charge in [-0.05, 0) is 24.2 Å². The minimum atomic E-state index is -0.138. The molecule has 2 N–H and O–H groups in total. The first-order valence-electron chi connectivity index (χ1n) is 7.73. The maximum atomic E-state index is 5.30. The van der Waals surface area contributed by atoms with Crippen molar-refractivity contribution < 1.29 is 0 Å². The largest absolute Gasteiger partial charge is 0.360 e. The third-order valence-corrected chi connectivity index (χ3v) is 4.11. The Morgan fingerprint density at radius 2 is 2.13 bits per heavy atom. The van der Waals surface area contributed by atoms with Gasteiger partial charge in [0.15, 0.2) is 5.82 Å². The molecule has 0 aliphatic carbocycles. The van der Waals surface area contributed by atoms with Crippen LogP contribution in [0.3, 0.4) is 0 Å². The molecule has 0 saturated heterocycles. The minimum Gasteiger partial charge on any atom is -0.360 e. The highest BCUT2D eigenvalue weighted by atomic mass is 32.1. The fourth-order valence-electron chi connectivity index (χ4n) is 2.64. The Labute approximate surface area is 140 Å². The van der Waals surface area contributed by atoms with Gasteiger partial charge in [-0.25, -0.2) is 0 Å². The van der Waals surface area contributed by atoms with E-state index < -0.39 is 0 Å². The molecule has 0 atom stereocenters. The molecule has 0 fully saturated rings. The maximum absolute atomic E-state index is 5.30. The van der Waals surface area contributed by atoms with Crippen LogP contribution in [0.5, 0.6) is 0 Å². The molecule has 0 saturated carbocycles. The van der Waals surface area contributed by atoms with Crippen LogP contribution in [-0.4, -0.2) is 26.1 Å². The zero-order chi connectivity index (χ0) is 16.6. The maximum Gasteiger partial charge on any atom is 0.216 e. The second-order valence-corrected chi connectivity index (χ2v) is 6.98. The fraction of sp³-hybridized carbons (Fsp3) is 0.353. The van der Waals surface area contributed by atoms with Crippen molar-refractivity contribution in [1.82, 2.24) is 19.9 Å². The van der Waals surface area contributed by atoms with E-state index >= 15 is 0 Å². The molecule has 0 bridgehead atoms. The second kappa shape index (κ2) is 5.77. The number of benzene rings is 1. The van der Waals surface area contributed by atoms with Crippen LogP contribution in [-0.2, 0) is 11.8 Å². The first kappa shape index (κ1) is 15.7. The molecule has 0 aliphatic heterocycles. The highest BCUT2D eigenvalue weighted by Gasteiger charge is 2.21. The van der Waals surface area contributed by atoms with Gasteiger partial charge in [-0.3, -0.25) is 5.10 Å². The number of H-pyrrole nitrogens is 2. The first-order valence-corrected chi connectivity index (χ1v) is 8.14. The Kier molecular flexibility index (Phi) is 3.93. The number of aryl methyl sites for hydroxylation is 1. The molecule has 0 radical (unpaired) electrons. The molecule has 1 aromatic carbocycles. The quantitative estimate of drug-likeness (QED) is 0.560. The number of rotatable bonds is 3. The van der Waals surface area contributed by atoms with E-state index in [0.717, 1.165) is 17.8 Å². The van der Waals surface area contributed by atoms with E-state index in [1.165, 1.54) is 16.5 Å². The van der Waals surface area contributed by atoms with Crippen molar-refractivity contribution in [3.63, 3.8) is 0 Å². The lowest BCUT2D eigenvalue weighted by Gasteiger charge is -2.15. The Morgan fingerprint density at radius 1 is 1.35 bits per heavy atom. The minimum absolute atomic E-state index is 0.138. The topological polar surface area (TPSA) is 61.8 Å². The van der Waals surface area contributed by atoms with Crippen LogP contribution >= 0.6 is 12.2 Å². The normalized spacial score (nSPS) is 12.5. The predicted molar refractivity (Wildman–Crippen MR) is 96.8 cm³/mol. The summed E-state index contributed by atoms with van der Waals surface area (Å²) in [5, 5.41) is 12.8. The molecule has 3 aromatic rings. The second-order valence-electron chi connectivity index (χ2n) is 6.60. The SMILES string of the molecule is CCc1cccc2c(/C=N/n3c(C(C)(C)C)n[nH]c3=S)c[nH]c12. The molecule has 23 heavy (non-hydrogen) atoms. The number of para-hydroxylation sites is 1. The molecule has 2 aromatic heterocycles. The van der Waals surface area contributed by atoms with Gasteiger partial charge in [0.2, 0.25) is 4.77 Å². The van der Waals surface area contributed by atoms with Crippen molar-refractivity contribution in [3.8, 4) is 0 Å². The van der Waals surface area contributed by atoms with Crippen molar-refractivity contribution in [2.24, 2.45) is 5.10 Å². The van der Waals surface area contributed by atoms with Crippen LogP contribution in [0.25, 0.3) is 10.9 Å². The average molecular weight is 327 g/mol. The van der Waals surface area contributed by atoms with Crippen molar-refractivity contribution >= 4 is 29.3 Å². The van der Waals surface area contributed by atoms with E-state index in [0.29, 0.717) is 4.77 Å². The molecular formula is C17H21N5S. The Morgan fingerprint density at radius 3 is 2.83 bits per heavy atom. The van der Waals surface area contributed by atoms with E-state index in [9.17, 15) is 0 Å². The average Bonchev–Trinajstić information content (AvgIpc) is 3.08. The summed E-state index contributed by atoms with van der Waals surface area (Å²) in [6.07, 6.45) is 4.81. The van der Waals surface area contributed by atoms with Crippen LogP contribution in [0.15, 0.2) is 29.5 Å². The lowest BCUT2D eigenvalue weighted by Crippen LogP contribution is -2.17. The third-order valence-electron chi connectivity index (χ3n) is 3.85. The summed E-state index contributed by atoms with van der Waals surface area (Å²) in [5.41, 5.74) is 3.37. The fourth-order valence-corrected chi connectivity index (χ4v) is 2.82. The van der Waals surface area contributed by atoms with E-state index in [1.807, 2.05) is 12.4 Å². The van der Waals surface area contributed by atoms with Crippen LogP contribution in [0.1, 0.15) is 44.6 Å². The summed E-state index contributed by atoms with van der Waals surface area (Å²) in [5.74, 6) is 0.813. The number of nitrogens with zero attached hydrogens (tertiary/aromatic N) is 3. The molecule has 0 unspecified atom stereocenters. The van der Waals surface area contributed by atoms with Gasteiger partial charge in [0.25, 0.3) is 0 Å². The molecular weight excluding hydrogens is 306 g/mol. The standard InChI is InChI=1S/C17H21N5S/c1-5-11-7-6-8-13-12(9-18-14(11)13)10-19-22-15(17(2,3)4)20-21-16(22)23/h6-10,18H,5H2,1-4H3,(H,21,23)/b19-10+. The highest BCUT2D eigenvalue weighted by molar-refractivity contribution is 7.71. The van der Waals surface area contributed by atoms with Crippen molar-refractivity contribution in [2.45, 2.75) is 39.5 Å². The van der Waals surface area contributed by atoms with Crippen LogP contribution in [0.2, 0.25) is 0 Å². The van der Waals surface area contributed by atoms with Gasteiger partial charge in [-0.2, -0.15) is 14.9 Å². The van der Waals surface area contributed by atoms with Crippen LogP contribution in [0, 0.1) is 4.77 Å². The van der Waals surface area contributed by atoms with Gasteiger partial charge in [-0.15, -0.1) is 0 Å². The van der Waals surface area contributed by atoms with E-state index in [2.05, 4.69) is 66.2 Å². The van der Waals surface area contributed by atoms with Crippen molar-refractivity contribution in [1.29, 1.82) is 0 Å². The zero-order valence-corrected chi connectivity index (χ0v) is 14.7. The lowest BCUT2D eigenvalue weighted by atomic mass is 9.96. The molecule has 5 nitrogen and oxygen atoms in total. The van der Waals surface area contributed by atoms with Gasteiger partial charge in [-0.1, -0.05) is 45.9 Å². The summed E-state index contributed by atoms with van der Waals surface area (Å²) < 4.78 is 2.19. The number of hydrogen-bond acceptors (Lipinski definition) is 3. The Bertz CT molecular complexity index is 920.